The van der Waals surface area contributed by atoms with Crippen LogP contribution in [-0.4, -0.2) is 30.2 Å². The number of hydrogen-bond acceptors (Lipinski definition) is 4. The van der Waals surface area contributed by atoms with E-state index in [1.54, 1.807) is 38.1 Å². The second-order valence-electron chi connectivity index (χ2n) is 9.57. The average Bonchev–Trinajstić information content (AvgIpc) is 3.50. The summed E-state index contributed by atoms with van der Waals surface area (Å²) in [5, 5.41) is 17.3. The number of fused-ring (bicyclic) bond motifs is 1. The number of aliphatic hydroxyl groups is 1. The molecule has 3 aromatic heterocycles. The number of carbonyl (C=O) groups excluding carboxylic acids is 1. The van der Waals surface area contributed by atoms with Crippen molar-refractivity contribution in [2.75, 3.05) is 5.32 Å². The Morgan fingerprint density at radius 1 is 1.00 bits per heavy atom. The van der Waals surface area contributed by atoms with Gasteiger partial charge >= 0.3 is 6.18 Å². The zero-order chi connectivity index (χ0) is 28.1. The highest BCUT2D eigenvalue weighted by Crippen LogP contribution is 2.39. The van der Waals surface area contributed by atoms with E-state index >= 15 is 4.39 Å². The molecule has 0 unspecified atom stereocenters. The molecule has 0 aliphatic heterocycles. The molecule has 1 amide bonds. The van der Waals surface area contributed by atoms with Crippen LogP contribution in [0.5, 0.6) is 0 Å². The molecule has 0 saturated carbocycles. The number of rotatable bonds is 5. The lowest BCUT2D eigenvalue weighted by Crippen LogP contribution is -2.19. The molecule has 2 aromatic carbocycles. The van der Waals surface area contributed by atoms with Gasteiger partial charge in [0.2, 0.25) is 0 Å². The van der Waals surface area contributed by atoms with Crippen molar-refractivity contribution >= 4 is 17.2 Å². The third-order valence-electron chi connectivity index (χ3n) is 6.25. The molecule has 200 valence electrons. The minimum absolute atomic E-state index is 0.0598. The smallest absolute Gasteiger partial charge is 0.384 e. The van der Waals surface area contributed by atoms with E-state index in [9.17, 15) is 23.1 Å². The van der Waals surface area contributed by atoms with Gasteiger partial charge in [-0.3, -0.25) is 13.9 Å². The molecule has 0 atom stereocenters. The highest BCUT2D eigenvalue weighted by Gasteiger charge is 2.36. The Bertz CT molecular complexity index is 1700. The van der Waals surface area contributed by atoms with Crippen LogP contribution in [0, 0.1) is 5.82 Å². The molecule has 39 heavy (non-hydrogen) atoms. The topological polar surface area (TPSA) is 84.5 Å². The zero-order valence-electron chi connectivity index (χ0n) is 21.1. The number of nitrogens with zero attached hydrogens (tertiary/aromatic N) is 4. The van der Waals surface area contributed by atoms with Crippen LogP contribution in [0.4, 0.5) is 23.4 Å². The van der Waals surface area contributed by atoms with Gasteiger partial charge in [0, 0.05) is 24.4 Å². The van der Waals surface area contributed by atoms with Gasteiger partial charge in [0.25, 0.3) is 5.91 Å². The Morgan fingerprint density at radius 3 is 2.33 bits per heavy atom. The molecule has 5 rings (SSSR count). The third-order valence-corrected chi connectivity index (χ3v) is 6.25. The molecule has 0 aliphatic rings. The number of benzene rings is 2. The number of aryl methyl sites for hydroxylation is 1. The van der Waals surface area contributed by atoms with E-state index in [1.807, 2.05) is 18.2 Å². The molecule has 0 fully saturated rings. The Balaban J connectivity index is 1.67. The van der Waals surface area contributed by atoms with Gasteiger partial charge in [0.1, 0.15) is 23.6 Å². The molecular formula is C28H23F4N5O2. The van der Waals surface area contributed by atoms with E-state index in [0.717, 1.165) is 11.6 Å². The molecule has 2 N–H and O–H groups in total. The van der Waals surface area contributed by atoms with E-state index in [0.29, 0.717) is 22.8 Å². The second kappa shape index (κ2) is 9.35. The SMILES string of the molecule is Cn1ccc(-c2cc(C(=O)Nc3c(-c4ccccc4)ccc4c(C(C)(C)O)ncn34)c(F)cc2C(F)(F)F)n1. The third kappa shape index (κ3) is 4.88. The number of imidazole rings is 1. The quantitative estimate of drug-likeness (QED) is 0.268. The predicted molar refractivity (Wildman–Crippen MR) is 137 cm³/mol. The van der Waals surface area contributed by atoms with Crippen LogP contribution in [-0.2, 0) is 18.8 Å². The van der Waals surface area contributed by atoms with Crippen molar-refractivity contribution in [3.05, 3.63) is 95.8 Å². The summed E-state index contributed by atoms with van der Waals surface area (Å²) in [6.07, 6.45) is -2.02. The summed E-state index contributed by atoms with van der Waals surface area (Å²) in [5.41, 5.74) is -1.53. The lowest BCUT2D eigenvalue weighted by atomic mass is 9.99. The first-order valence-corrected chi connectivity index (χ1v) is 11.8. The van der Waals surface area contributed by atoms with Crippen molar-refractivity contribution in [3.8, 4) is 22.4 Å². The highest BCUT2D eigenvalue weighted by molar-refractivity contribution is 6.07. The van der Waals surface area contributed by atoms with Gasteiger partial charge < -0.3 is 10.4 Å². The van der Waals surface area contributed by atoms with Crippen LogP contribution < -0.4 is 5.32 Å². The maximum Gasteiger partial charge on any atom is 0.417 e. The minimum Gasteiger partial charge on any atom is -0.384 e. The van der Waals surface area contributed by atoms with E-state index in [4.69, 9.17) is 0 Å². The number of pyridine rings is 1. The number of carbonyl (C=O) groups is 1. The van der Waals surface area contributed by atoms with E-state index in [-0.39, 0.29) is 11.5 Å². The summed E-state index contributed by atoms with van der Waals surface area (Å²) in [7, 11) is 1.53. The normalized spacial score (nSPS) is 12.2. The fourth-order valence-electron chi connectivity index (χ4n) is 4.44. The zero-order valence-corrected chi connectivity index (χ0v) is 21.1. The van der Waals surface area contributed by atoms with Gasteiger partial charge in [0.15, 0.2) is 0 Å². The van der Waals surface area contributed by atoms with Crippen LogP contribution in [0.25, 0.3) is 27.9 Å². The summed E-state index contributed by atoms with van der Waals surface area (Å²) >= 11 is 0. The van der Waals surface area contributed by atoms with Crippen molar-refractivity contribution in [3.63, 3.8) is 0 Å². The summed E-state index contributed by atoms with van der Waals surface area (Å²) in [4.78, 5) is 17.8. The summed E-state index contributed by atoms with van der Waals surface area (Å²) in [6, 6.07) is 15.0. The summed E-state index contributed by atoms with van der Waals surface area (Å²) < 4.78 is 59.3. The summed E-state index contributed by atoms with van der Waals surface area (Å²) in [6.45, 7) is 3.13. The number of anilines is 1. The van der Waals surface area contributed by atoms with Crippen LogP contribution in [0.1, 0.15) is 35.5 Å². The molecule has 0 bridgehead atoms. The van der Waals surface area contributed by atoms with E-state index < -0.39 is 40.2 Å². The summed E-state index contributed by atoms with van der Waals surface area (Å²) in [5.74, 6) is -2.11. The first-order chi connectivity index (χ1) is 18.3. The second-order valence-corrected chi connectivity index (χ2v) is 9.57. The molecule has 0 saturated heterocycles. The first kappa shape index (κ1) is 26.1. The van der Waals surface area contributed by atoms with Crippen molar-refractivity contribution in [2.24, 2.45) is 7.05 Å². The maximum absolute atomic E-state index is 15.1. The van der Waals surface area contributed by atoms with Crippen LogP contribution >= 0.6 is 0 Å². The van der Waals surface area contributed by atoms with Gasteiger partial charge in [-0.05, 0) is 49.7 Å². The largest absolute Gasteiger partial charge is 0.417 e. The standard InChI is InChI=1S/C28H23F4N5O2/c1-27(2,39)24-23-10-9-17(16-7-5-4-6-8-16)25(37(23)15-33-24)34-26(38)19-13-18(22-11-12-36(3)35-22)20(14-21(19)29)28(30,31)32/h4-15,39H,1-3H3,(H,34,38). The Kier molecular flexibility index (Phi) is 6.26. The van der Waals surface area contributed by atoms with Crippen molar-refractivity contribution in [1.82, 2.24) is 19.2 Å². The van der Waals surface area contributed by atoms with Gasteiger partial charge in [-0.2, -0.15) is 18.3 Å². The number of halogens is 4. The van der Waals surface area contributed by atoms with Gasteiger partial charge in [-0.15, -0.1) is 0 Å². The van der Waals surface area contributed by atoms with E-state index in [1.165, 1.54) is 34.7 Å². The van der Waals surface area contributed by atoms with Gasteiger partial charge in [0.05, 0.1) is 28.0 Å². The number of hydrogen-bond donors (Lipinski definition) is 2. The maximum atomic E-state index is 15.1. The Morgan fingerprint density at radius 2 is 1.72 bits per heavy atom. The minimum atomic E-state index is -4.88. The lowest BCUT2D eigenvalue weighted by molar-refractivity contribution is -0.137. The number of amides is 1. The van der Waals surface area contributed by atoms with E-state index in [2.05, 4.69) is 15.4 Å². The molecule has 0 radical (unpaired) electrons. The molecule has 7 nitrogen and oxygen atoms in total. The Labute approximate surface area is 220 Å². The highest BCUT2D eigenvalue weighted by atomic mass is 19.4. The number of alkyl halides is 3. The van der Waals surface area contributed by atoms with Crippen molar-refractivity contribution < 1.29 is 27.5 Å². The van der Waals surface area contributed by atoms with Crippen LogP contribution in [0.2, 0.25) is 0 Å². The van der Waals surface area contributed by atoms with Crippen LogP contribution in [0.3, 0.4) is 0 Å². The number of nitrogens with one attached hydrogen (secondary N) is 1. The average molecular weight is 538 g/mol. The van der Waals surface area contributed by atoms with Gasteiger partial charge in [-0.25, -0.2) is 9.37 Å². The molecule has 0 aliphatic carbocycles. The van der Waals surface area contributed by atoms with Crippen molar-refractivity contribution in [1.29, 1.82) is 0 Å². The lowest BCUT2D eigenvalue weighted by Gasteiger charge is -2.18. The molecule has 3 heterocycles. The predicted octanol–water partition coefficient (Wildman–Crippen LogP) is 6.04. The fraction of sp³-hybridized carbons (Fsp3) is 0.179. The molecule has 5 aromatic rings. The Hall–Kier alpha value is -4.51. The molecular weight excluding hydrogens is 514 g/mol. The van der Waals surface area contributed by atoms with Crippen LogP contribution in [0.15, 0.2) is 73.2 Å². The monoisotopic (exact) mass is 537 g/mol. The number of aromatic nitrogens is 4. The van der Waals surface area contributed by atoms with Crippen molar-refractivity contribution in [2.45, 2.75) is 25.6 Å². The fourth-order valence-corrected chi connectivity index (χ4v) is 4.44. The van der Waals surface area contributed by atoms with Gasteiger partial charge in [-0.1, -0.05) is 30.3 Å². The molecule has 11 heteroatoms. The molecule has 0 spiro atoms. The first-order valence-electron chi connectivity index (χ1n) is 11.8.